The number of carbonyl (C=O) groups is 1. The third-order valence-corrected chi connectivity index (χ3v) is 7.07. The molecule has 1 atom stereocenters. The quantitative estimate of drug-likeness (QED) is 0.473. The summed E-state index contributed by atoms with van der Waals surface area (Å²) >= 11 is 1.08. The number of anilines is 1. The van der Waals surface area contributed by atoms with Gasteiger partial charge in [0.05, 0.1) is 18.9 Å². The molecule has 0 aliphatic heterocycles. The molecule has 1 heterocycles. The van der Waals surface area contributed by atoms with E-state index in [1.54, 1.807) is 60.0 Å². The summed E-state index contributed by atoms with van der Waals surface area (Å²) in [5.41, 5.74) is 0.910. The molecule has 3 rings (SSSR count). The third kappa shape index (κ3) is 5.84. The molecular weight excluding hydrogens is 436 g/mol. The molecule has 7 nitrogen and oxygen atoms in total. The van der Waals surface area contributed by atoms with Gasteiger partial charge in [0, 0.05) is 6.07 Å². The van der Waals surface area contributed by atoms with Gasteiger partial charge in [0.2, 0.25) is 5.91 Å². The Kier molecular flexibility index (Phi) is 7.67. The van der Waals surface area contributed by atoms with Gasteiger partial charge in [-0.1, -0.05) is 36.4 Å². The van der Waals surface area contributed by atoms with Crippen molar-refractivity contribution >= 4 is 33.0 Å². The molecule has 0 bridgehead atoms. The number of benzene rings is 2. The second-order valence-electron chi connectivity index (χ2n) is 6.41. The monoisotopic (exact) mass is 460 g/mol. The van der Waals surface area contributed by atoms with Crippen LogP contribution in [0.2, 0.25) is 0 Å². The molecule has 1 aromatic heterocycles. The summed E-state index contributed by atoms with van der Waals surface area (Å²) in [4.78, 5) is 13.3. The van der Waals surface area contributed by atoms with Gasteiger partial charge in [0.15, 0.2) is 0 Å². The Bertz CT molecular complexity index is 1100. The van der Waals surface area contributed by atoms with E-state index in [0.717, 1.165) is 11.3 Å². The van der Waals surface area contributed by atoms with Crippen molar-refractivity contribution in [3.05, 3.63) is 71.6 Å². The first kappa shape index (κ1) is 22.8. The van der Waals surface area contributed by atoms with Crippen LogP contribution in [0.5, 0.6) is 11.5 Å². The molecule has 0 spiro atoms. The predicted molar refractivity (Wildman–Crippen MR) is 121 cm³/mol. The zero-order chi connectivity index (χ0) is 22.3. The number of carbonyl (C=O) groups excluding carboxylic acids is 1. The molecule has 164 valence electrons. The summed E-state index contributed by atoms with van der Waals surface area (Å²) in [5.74, 6) is 0.491. The number of hydrogen-bond acceptors (Lipinski definition) is 6. The van der Waals surface area contributed by atoms with Crippen molar-refractivity contribution < 1.29 is 22.7 Å². The predicted octanol–water partition coefficient (Wildman–Crippen LogP) is 4.20. The van der Waals surface area contributed by atoms with Gasteiger partial charge in [0.1, 0.15) is 21.8 Å². The first-order valence-corrected chi connectivity index (χ1v) is 12.1. The molecule has 3 aromatic rings. The minimum Gasteiger partial charge on any atom is -0.494 e. The Hall–Kier alpha value is -2.88. The normalized spacial score (nSPS) is 12.2. The van der Waals surface area contributed by atoms with Crippen LogP contribution >= 0.6 is 11.3 Å². The smallest absolute Gasteiger partial charge is 0.251 e. The lowest BCUT2D eigenvalue weighted by molar-refractivity contribution is -0.117. The van der Waals surface area contributed by atoms with Gasteiger partial charge in [-0.25, -0.2) is 8.42 Å². The standard InChI is InChI=1S/C22H24N2O5S2/c1-3-28-17-12-13-19(29-4-2)18(15-17)23-22(25)21(16-9-6-5-7-10-16)24-31(26,27)20-11-8-14-30-20/h5-15,21,24H,3-4H2,1-2H3,(H,23,25). The summed E-state index contributed by atoms with van der Waals surface area (Å²) < 4.78 is 39.4. The number of nitrogens with one attached hydrogen (secondary N) is 2. The van der Waals surface area contributed by atoms with E-state index in [9.17, 15) is 13.2 Å². The van der Waals surface area contributed by atoms with Crippen molar-refractivity contribution in [1.82, 2.24) is 4.72 Å². The van der Waals surface area contributed by atoms with Crippen molar-refractivity contribution in [2.45, 2.75) is 24.1 Å². The summed E-state index contributed by atoms with van der Waals surface area (Å²) in [6.07, 6.45) is 0. The fourth-order valence-corrected chi connectivity index (χ4v) is 5.09. The molecule has 0 saturated heterocycles. The van der Waals surface area contributed by atoms with E-state index in [2.05, 4.69) is 10.0 Å². The largest absolute Gasteiger partial charge is 0.494 e. The Morgan fingerprint density at radius 3 is 2.39 bits per heavy atom. The van der Waals surface area contributed by atoms with Crippen LogP contribution < -0.4 is 19.5 Å². The molecule has 2 N–H and O–H groups in total. The minimum atomic E-state index is -3.89. The average molecular weight is 461 g/mol. The molecule has 31 heavy (non-hydrogen) atoms. The van der Waals surface area contributed by atoms with Crippen molar-refractivity contribution in [3.63, 3.8) is 0 Å². The maximum atomic E-state index is 13.3. The molecule has 0 aliphatic rings. The molecule has 0 radical (unpaired) electrons. The van der Waals surface area contributed by atoms with E-state index in [4.69, 9.17) is 9.47 Å². The number of amides is 1. The molecule has 1 amide bonds. The Morgan fingerprint density at radius 2 is 1.74 bits per heavy atom. The van der Waals surface area contributed by atoms with Crippen LogP contribution in [0.4, 0.5) is 5.69 Å². The number of sulfonamides is 1. The van der Waals surface area contributed by atoms with Gasteiger partial charge in [-0.05, 0) is 43.0 Å². The number of thiophene rings is 1. The van der Waals surface area contributed by atoms with Crippen LogP contribution in [0.25, 0.3) is 0 Å². The van der Waals surface area contributed by atoms with Crippen LogP contribution in [0.15, 0.2) is 70.3 Å². The highest BCUT2D eigenvalue weighted by atomic mass is 32.2. The summed E-state index contributed by atoms with van der Waals surface area (Å²) in [7, 11) is -3.89. The van der Waals surface area contributed by atoms with Crippen LogP contribution in [0.1, 0.15) is 25.5 Å². The van der Waals surface area contributed by atoms with Crippen molar-refractivity contribution in [2.75, 3.05) is 18.5 Å². The van der Waals surface area contributed by atoms with Gasteiger partial charge in [-0.2, -0.15) is 4.72 Å². The lowest BCUT2D eigenvalue weighted by atomic mass is 10.1. The molecular formula is C22H24N2O5S2. The van der Waals surface area contributed by atoms with E-state index in [0.29, 0.717) is 36.0 Å². The van der Waals surface area contributed by atoms with Gasteiger partial charge < -0.3 is 14.8 Å². The number of ether oxygens (including phenoxy) is 2. The van der Waals surface area contributed by atoms with E-state index >= 15 is 0 Å². The Labute approximate surface area is 186 Å². The SMILES string of the molecule is CCOc1ccc(OCC)c(NC(=O)C(NS(=O)(=O)c2cccs2)c2ccccc2)c1. The molecule has 1 unspecified atom stereocenters. The van der Waals surface area contributed by atoms with Gasteiger partial charge in [-0.3, -0.25) is 4.79 Å². The second-order valence-corrected chi connectivity index (χ2v) is 9.30. The Morgan fingerprint density at radius 1 is 1.00 bits per heavy atom. The summed E-state index contributed by atoms with van der Waals surface area (Å²) in [5, 5.41) is 4.46. The third-order valence-electron chi connectivity index (χ3n) is 4.25. The van der Waals surface area contributed by atoms with Crippen molar-refractivity contribution in [2.24, 2.45) is 0 Å². The fraction of sp³-hybridized carbons (Fsp3) is 0.227. The summed E-state index contributed by atoms with van der Waals surface area (Å²) in [6, 6.07) is 15.8. The zero-order valence-electron chi connectivity index (χ0n) is 17.2. The first-order valence-electron chi connectivity index (χ1n) is 9.76. The maximum absolute atomic E-state index is 13.3. The molecule has 0 fully saturated rings. The van der Waals surface area contributed by atoms with E-state index in [1.165, 1.54) is 6.07 Å². The van der Waals surface area contributed by atoms with Crippen LogP contribution in [-0.4, -0.2) is 27.5 Å². The van der Waals surface area contributed by atoms with Crippen molar-refractivity contribution in [3.8, 4) is 11.5 Å². The fourth-order valence-electron chi connectivity index (χ4n) is 2.90. The lowest BCUT2D eigenvalue weighted by Gasteiger charge is -2.20. The molecule has 2 aromatic carbocycles. The highest BCUT2D eigenvalue weighted by Crippen LogP contribution is 2.31. The van der Waals surface area contributed by atoms with Crippen LogP contribution in [0.3, 0.4) is 0 Å². The van der Waals surface area contributed by atoms with Gasteiger partial charge >= 0.3 is 0 Å². The number of hydrogen-bond donors (Lipinski definition) is 2. The second kappa shape index (κ2) is 10.4. The molecule has 0 saturated carbocycles. The average Bonchev–Trinajstić information content (AvgIpc) is 3.31. The topological polar surface area (TPSA) is 93.7 Å². The van der Waals surface area contributed by atoms with Crippen molar-refractivity contribution in [1.29, 1.82) is 0 Å². The minimum absolute atomic E-state index is 0.134. The zero-order valence-corrected chi connectivity index (χ0v) is 18.8. The van der Waals surface area contributed by atoms with E-state index < -0.39 is 22.0 Å². The maximum Gasteiger partial charge on any atom is 0.251 e. The van der Waals surface area contributed by atoms with Gasteiger partial charge in [-0.15, -0.1) is 11.3 Å². The Balaban J connectivity index is 1.93. The highest BCUT2D eigenvalue weighted by molar-refractivity contribution is 7.91. The van der Waals surface area contributed by atoms with E-state index in [-0.39, 0.29) is 4.21 Å². The molecule has 0 aliphatic carbocycles. The summed E-state index contributed by atoms with van der Waals surface area (Å²) in [6.45, 7) is 4.57. The highest BCUT2D eigenvalue weighted by Gasteiger charge is 2.28. The van der Waals surface area contributed by atoms with Crippen LogP contribution in [0, 0.1) is 0 Å². The first-order chi connectivity index (χ1) is 14.9. The molecule has 9 heteroatoms. The van der Waals surface area contributed by atoms with Crippen LogP contribution in [-0.2, 0) is 14.8 Å². The van der Waals surface area contributed by atoms with Gasteiger partial charge in [0.25, 0.3) is 10.0 Å². The van der Waals surface area contributed by atoms with E-state index in [1.807, 2.05) is 13.8 Å². The number of rotatable bonds is 10. The lowest BCUT2D eigenvalue weighted by Crippen LogP contribution is -2.36.